The van der Waals surface area contributed by atoms with Crippen LogP contribution in [0.1, 0.15) is 18.9 Å². The number of sulfonamides is 1. The zero-order chi connectivity index (χ0) is 26.6. The molecule has 5 aromatic rings. The number of aryl methyl sites for hydroxylation is 2. The predicted octanol–water partition coefficient (Wildman–Crippen LogP) is 2.40. The second kappa shape index (κ2) is 9.05. The first kappa shape index (κ1) is 25.1. The Hall–Kier alpha value is -3.61. The standard InChI is InChI=1S/C24H26ClN7O4S/c1-5-8-31-22-20(23(33)30(4)24(31)34)21(19-10-16(13-29(19)3)37(35,36)26-2)32(28-22)12-14-11-27-18-7-6-15(25)9-17(14)18/h6-7,9-11,13,26-27H,5,8,12H2,1-4H3. The average molecular weight is 544 g/mol. The molecule has 11 nitrogen and oxygen atoms in total. The number of nitrogens with one attached hydrogen (secondary N) is 2. The number of H-pyrrole nitrogens is 1. The van der Waals surface area contributed by atoms with Crippen molar-refractivity contribution in [3.8, 4) is 11.4 Å². The number of halogens is 1. The van der Waals surface area contributed by atoms with Crippen molar-refractivity contribution in [1.82, 2.24) is 33.2 Å². The summed E-state index contributed by atoms with van der Waals surface area (Å²) in [5, 5.41) is 6.46. The fraction of sp³-hybridized carbons (Fsp3) is 0.292. The van der Waals surface area contributed by atoms with Crippen LogP contribution < -0.4 is 16.0 Å². The Morgan fingerprint density at radius 3 is 2.62 bits per heavy atom. The maximum atomic E-state index is 13.5. The molecule has 0 saturated carbocycles. The largest absolute Gasteiger partial charge is 0.361 e. The Bertz CT molecular complexity index is 1910. The number of nitrogens with zero attached hydrogens (tertiary/aromatic N) is 5. The lowest BCUT2D eigenvalue weighted by molar-refractivity contribution is 0.588. The highest BCUT2D eigenvalue weighted by atomic mass is 35.5. The van der Waals surface area contributed by atoms with Gasteiger partial charge in [-0.2, -0.15) is 5.10 Å². The molecule has 0 radical (unpaired) electrons. The van der Waals surface area contributed by atoms with Crippen LogP contribution in [0.2, 0.25) is 5.02 Å². The normalized spacial score (nSPS) is 12.2. The van der Waals surface area contributed by atoms with Crippen molar-refractivity contribution in [2.45, 2.75) is 31.3 Å². The van der Waals surface area contributed by atoms with E-state index in [0.717, 1.165) is 21.0 Å². The van der Waals surface area contributed by atoms with E-state index in [1.807, 2.05) is 25.3 Å². The van der Waals surface area contributed by atoms with Gasteiger partial charge in [-0.15, -0.1) is 0 Å². The van der Waals surface area contributed by atoms with Gasteiger partial charge in [0.05, 0.1) is 12.2 Å². The van der Waals surface area contributed by atoms with E-state index in [0.29, 0.717) is 29.4 Å². The van der Waals surface area contributed by atoms with Crippen molar-refractivity contribution in [3.05, 3.63) is 68.1 Å². The molecule has 13 heteroatoms. The summed E-state index contributed by atoms with van der Waals surface area (Å²) < 4.78 is 33.2. The van der Waals surface area contributed by atoms with Gasteiger partial charge in [-0.25, -0.2) is 17.9 Å². The van der Waals surface area contributed by atoms with Crippen molar-refractivity contribution in [1.29, 1.82) is 0 Å². The van der Waals surface area contributed by atoms with Crippen LogP contribution in [-0.4, -0.2) is 43.9 Å². The van der Waals surface area contributed by atoms with Crippen molar-refractivity contribution in [3.63, 3.8) is 0 Å². The lowest BCUT2D eigenvalue weighted by Gasteiger charge is -2.09. The number of rotatable bonds is 7. The summed E-state index contributed by atoms with van der Waals surface area (Å²) in [7, 11) is 0.726. The van der Waals surface area contributed by atoms with Gasteiger partial charge in [0.15, 0.2) is 5.65 Å². The van der Waals surface area contributed by atoms with E-state index >= 15 is 0 Å². The van der Waals surface area contributed by atoms with Crippen molar-refractivity contribution in [2.24, 2.45) is 14.1 Å². The van der Waals surface area contributed by atoms with E-state index < -0.39 is 21.3 Å². The Morgan fingerprint density at radius 1 is 1.16 bits per heavy atom. The molecule has 37 heavy (non-hydrogen) atoms. The maximum absolute atomic E-state index is 13.5. The molecule has 0 atom stereocenters. The first-order valence-corrected chi connectivity index (χ1v) is 13.5. The zero-order valence-corrected chi connectivity index (χ0v) is 22.3. The van der Waals surface area contributed by atoms with E-state index in [4.69, 9.17) is 16.7 Å². The fourth-order valence-electron chi connectivity index (χ4n) is 4.64. The van der Waals surface area contributed by atoms with E-state index in [1.54, 1.807) is 22.4 Å². The molecular formula is C24H26ClN7O4S. The van der Waals surface area contributed by atoms with Crippen LogP contribution in [0.5, 0.6) is 0 Å². The first-order valence-electron chi connectivity index (χ1n) is 11.6. The highest BCUT2D eigenvalue weighted by Gasteiger charge is 2.26. The van der Waals surface area contributed by atoms with Crippen LogP contribution in [0.4, 0.5) is 0 Å². The molecule has 0 amide bonds. The summed E-state index contributed by atoms with van der Waals surface area (Å²) >= 11 is 6.25. The first-order chi connectivity index (χ1) is 17.6. The van der Waals surface area contributed by atoms with E-state index in [-0.39, 0.29) is 22.5 Å². The molecule has 4 heterocycles. The molecule has 0 fully saturated rings. The molecule has 0 aliphatic rings. The molecule has 0 aliphatic carbocycles. The Balaban J connectivity index is 1.86. The molecular weight excluding hydrogens is 518 g/mol. The van der Waals surface area contributed by atoms with Crippen LogP contribution in [0, 0.1) is 0 Å². The number of fused-ring (bicyclic) bond motifs is 2. The summed E-state index contributed by atoms with van der Waals surface area (Å²) in [6.07, 6.45) is 3.98. The molecule has 0 spiro atoms. The van der Waals surface area contributed by atoms with E-state index in [1.165, 1.54) is 30.9 Å². The Morgan fingerprint density at radius 2 is 1.92 bits per heavy atom. The maximum Gasteiger partial charge on any atom is 0.332 e. The lowest BCUT2D eigenvalue weighted by atomic mass is 10.1. The highest BCUT2D eigenvalue weighted by molar-refractivity contribution is 7.89. The van der Waals surface area contributed by atoms with Gasteiger partial charge in [0.2, 0.25) is 10.0 Å². The fourth-order valence-corrected chi connectivity index (χ4v) is 5.61. The number of hydrogen-bond donors (Lipinski definition) is 2. The molecule has 4 aromatic heterocycles. The van der Waals surface area contributed by atoms with Crippen molar-refractivity contribution < 1.29 is 8.42 Å². The molecule has 2 N–H and O–H groups in total. The summed E-state index contributed by atoms with van der Waals surface area (Å²) in [6, 6.07) is 7.01. The van der Waals surface area contributed by atoms with Gasteiger partial charge >= 0.3 is 5.69 Å². The van der Waals surface area contributed by atoms with Crippen molar-refractivity contribution in [2.75, 3.05) is 7.05 Å². The lowest BCUT2D eigenvalue weighted by Crippen LogP contribution is -2.38. The number of benzene rings is 1. The molecule has 0 bridgehead atoms. The number of aromatic amines is 1. The van der Waals surface area contributed by atoms with Gasteiger partial charge in [-0.1, -0.05) is 18.5 Å². The van der Waals surface area contributed by atoms with Crippen LogP contribution >= 0.6 is 11.6 Å². The second-order valence-electron chi connectivity index (χ2n) is 8.89. The minimum Gasteiger partial charge on any atom is -0.361 e. The van der Waals surface area contributed by atoms with E-state index in [9.17, 15) is 18.0 Å². The van der Waals surface area contributed by atoms with Crippen LogP contribution in [0.25, 0.3) is 33.3 Å². The number of aromatic nitrogens is 6. The van der Waals surface area contributed by atoms with E-state index in [2.05, 4.69) is 9.71 Å². The highest BCUT2D eigenvalue weighted by Crippen LogP contribution is 2.31. The second-order valence-corrected chi connectivity index (χ2v) is 11.2. The van der Waals surface area contributed by atoms with Gasteiger partial charge < -0.3 is 9.55 Å². The Kier molecular flexibility index (Phi) is 6.13. The van der Waals surface area contributed by atoms with Gasteiger partial charge in [0, 0.05) is 49.0 Å². The SMILES string of the molecule is CCCn1c(=O)n(C)c(=O)c2c(-c3cc(S(=O)(=O)NC)cn3C)n(Cc3c[nH]c4ccc(Cl)cc34)nc21. The monoisotopic (exact) mass is 543 g/mol. The van der Waals surface area contributed by atoms with Gasteiger partial charge in [0.1, 0.15) is 16.0 Å². The average Bonchev–Trinajstić information content (AvgIpc) is 3.56. The summed E-state index contributed by atoms with van der Waals surface area (Å²) in [5.41, 5.74) is 1.92. The summed E-state index contributed by atoms with van der Waals surface area (Å²) in [6.45, 7) is 2.55. The molecule has 5 rings (SSSR count). The molecule has 0 unspecified atom stereocenters. The van der Waals surface area contributed by atoms with Crippen LogP contribution in [-0.2, 0) is 37.2 Å². The topological polar surface area (TPSA) is 129 Å². The summed E-state index contributed by atoms with van der Waals surface area (Å²) in [5.74, 6) is 0. The van der Waals surface area contributed by atoms with Crippen LogP contribution in [0.15, 0.2) is 51.1 Å². The Labute approximate surface area is 216 Å². The van der Waals surface area contributed by atoms with Crippen LogP contribution in [0.3, 0.4) is 0 Å². The third kappa shape index (κ3) is 4.01. The summed E-state index contributed by atoms with van der Waals surface area (Å²) in [4.78, 5) is 29.7. The predicted molar refractivity (Wildman–Crippen MR) is 143 cm³/mol. The van der Waals surface area contributed by atoms with Gasteiger partial charge in [-0.3, -0.25) is 18.6 Å². The minimum absolute atomic E-state index is 0.0472. The number of hydrogen-bond acceptors (Lipinski definition) is 5. The quantitative estimate of drug-likeness (QED) is 0.326. The smallest absolute Gasteiger partial charge is 0.332 e. The van der Waals surface area contributed by atoms with Gasteiger partial charge in [-0.05, 0) is 43.3 Å². The molecule has 0 aliphatic heterocycles. The molecule has 194 valence electrons. The minimum atomic E-state index is -3.74. The third-order valence-electron chi connectivity index (χ3n) is 6.52. The zero-order valence-electron chi connectivity index (χ0n) is 20.7. The van der Waals surface area contributed by atoms with Crippen molar-refractivity contribution >= 4 is 43.6 Å². The van der Waals surface area contributed by atoms with Gasteiger partial charge in [0.25, 0.3) is 5.56 Å². The molecule has 1 aromatic carbocycles. The molecule has 0 saturated heterocycles. The third-order valence-corrected chi connectivity index (χ3v) is 8.14.